The van der Waals surface area contributed by atoms with E-state index < -0.39 is 0 Å². The van der Waals surface area contributed by atoms with Crippen molar-refractivity contribution in [1.29, 1.82) is 0 Å². The number of carbonyl (C=O) groups is 1. The Hall–Kier alpha value is -1.15. The van der Waals surface area contributed by atoms with Gasteiger partial charge in [-0.1, -0.05) is 19.1 Å². The van der Waals surface area contributed by atoms with Gasteiger partial charge in [0, 0.05) is 11.6 Å². The molecule has 1 aromatic carbocycles. The van der Waals surface area contributed by atoms with E-state index in [9.17, 15) is 4.79 Å². The van der Waals surface area contributed by atoms with Gasteiger partial charge in [0.1, 0.15) is 0 Å². The van der Waals surface area contributed by atoms with Gasteiger partial charge in [-0.2, -0.15) is 0 Å². The number of benzene rings is 1. The number of carbonyl (C=O) groups excluding carboxylic acids is 1. The van der Waals surface area contributed by atoms with Gasteiger partial charge >= 0.3 is 0 Å². The van der Waals surface area contributed by atoms with Crippen LogP contribution in [-0.4, -0.2) is 29.8 Å². The fourth-order valence-corrected chi connectivity index (χ4v) is 2.00. The molecule has 0 aliphatic heterocycles. The standard InChI is InChI=1S/C16H25NO/c1-6-9-17(12(2)3)11-16(18)15-8-7-13(4)14(5)10-15/h7-8,10,12H,6,9,11H2,1-5H3. The summed E-state index contributed by atoms with van der Waals surface area (Å²) in [6.45, 7) is 12.1. The Morgan fingerprint density at radius 2 is 1.89 bits per heavy atom. The summed E-state index contributed by atoms with van der Waals surface area (Å²) in [5.74, 6) is 0.222. The fourth-order valence-electron chi connectivity index (χ4n) is 2.00. The number of hydrogen-bond donors (Lipinski definition) is 0. The van der Waals surface area contributed by atoms with E-state index >= 15 is 0 Å². The van der Waals surface area contributed by atoms with Crippen molar-refractivity contribution in [2.45, 2.75) is 47.1 Å². The monoisotopic (exact) mass is 247 g/mol. The summed E-state index contributed by atoms with van der Waals surface area (Å²) in [7, 11) is 0. The lowest BCUT2D eigenvalue weighted by atomic mass is 10.0. The number of hydrogen-bond acceptors (Lipinski definition) is 2. The molecule has 1 rings (SSSR count). The second-order valence-electron chi connectivity index (χ2n) is 5.29. The van der Waals surface area contributed by atoms with Crippen molar-refractivity contribution in [2.75, 3.05) is 13.1 Å². The van der Waals surface area contributed by atoms with E-state index in [4.69, 9.17) is 0 Å². The molecule has 0 fully saturated rings. The van der Waals surface area contributed by atoms with E-state index in [2.05, 4.69) is 39.5 Å². The minimum Gasteiger partial charge on any atom is -0.293 e. The molecule has 2 heteroatoms. The molecule has 0 heterocycles. The van der Waals surface area contributed by atoms with Crippen molar-refractivity contribution in [3.8, 4) is 0 Å². The Balaban J connectivity index is 2.77. The molecule has 0 aliphatic carbocycles. The van der Waals surface area contributed by atoms with Gasteiger partial charge in [-0.05, 0) is 57.9 Å². The third kappa shape index (κ3) is 3.95. The van der Waals surface area contributed by atoms with E-state index in [1.165, 1.54) is 11.1 Å². The van der Waals surface area contributed by atoms with Crippen molar-refractivity contribution in [3.05, 3.63) is 34.9 Å². The highest BCUT2D eigenvalue weighted by Crippen LogP contribution is 2.11. The maximum atomic E-state index is 12.3. The zero-order valence-electron chi connectivity index (χ0n) is 12.3. The van der Waals surface area contributed by atoms with Crippen LogP contribution in [0.2, 0.25) is 0 Å². The largest absolute Gasteiger partial charge is 0.293 e. The van der Waals surface area contributed by atoms with Gasteiger partial charge < -0.3 is 0 Å². The van der Waals surface area contributed by atoms with Crippen LogP contribution < -0.4 is 0 Å². The number of Topliss-reactive ketones (excluding diaryl/α,β-unsaturated/α-hetero) is 1. The Morgan fingerprint density at radius 1 is 1.22 bits per heavy atom. The summed E-state index contributed by atoms with van der Waals surface area (Å²) in [6.07, 6.45) is 1.08. The summed E-state index contributed by atoms with van der Waals surface area (Å²) in [5, 5.41) is 0. The maximum absolute atomic E-state index is 12.3. The summed E-state index contributed by atoms with van der Waals surface area (Å²) in [6, 6.07) is 6.39. The van der Waals surface area contributed by atoms with Gasteiger partial charge in [0.25, 0.3) is 0 Å². The Labute approximate surface area is 111 Å². The molecule has 0 amide bonds. The van der Waals surface area contributed by atoms with Gasteiger partial charge in [0.15, 0.2) is 5.78 Å². The maximum Gasteiger partial charge on any atom is 0.176 e. The molecule has 0 atom stereocenters. The Morgan fingerprint density at radius 3 is 2.39 bits per heavy atom. The lowest BCUT2D eigenvalue weighted by Crippen LogP contribution is -2.36. The lowest BCUT2D eigenvalue weighted by molar-refractivity contribution is 0.0906. The van der Waals surface area contributed by atoms with E-state index in [1.807, 2.05) is 18.2 Å². The average Bonchev–Trinajstić information content (AvgIpc) is 2.31. The molecule has 0 aromatic heterocycles. The van der Waals surface area contributed by atoms with Crippen LogP contribution in [0.25, 0.3) is 0 Å². The van der Waals surface area contributed by atoms with Gasteiger partial charge in [-0.25, -0.2) is 0 Å². The molecule has 0 radical (unpaired) electrons. The van der Waals surface area contributed by atoms with Crippen LogP contribution in [0, 0.1) is 13.8 Å². The summed E-state index contributed by atoms with van der Waals surface area (Å²) >= 11 is 0. The van der Waals surface area contributed by atoms with E-state index in [0.29, 0.717) is 12.6 Å². The van der Waals surface area contributed by atoms with Gasteiger partial charge in [0.05, 0.1) is 6.54 Å². The van der Waals surface area contributed by atoms with Crippen LogP contribution in [0.3, 0.4) is 0 Å². The minimum atomic E-state index is 0.222. The first-order chi connectivity index (χ1) is 8.45. The number of aryl methyl sites for hydroxylation is 2. The molecular formula is C16H25NO. The van der Waals surface area contributed by atoms with E-state index in [-0.39, 0.29) is 5.78 Å². The molecule has 0 N–H and O–H groups in total. The summed E-state index contributed by atoms with van der Waals surface area (Å²) < 4.78 is 0. The number of rotatable bonds is 6. The molecule has 0 bridgehead atoms. The molecule has 18 heavy (non-hydrogen) atoms. The van der Waals surface area contributed by atoms with Crippen molar-refractivity contribution in [2.24, 2.45) is 0 Å². The Kier molecular flexibility index (Phi) is 5.54. The van der Waals surface area contributed by atoms with Crippen LogP contribution in [0.5, 0.6) is 0 Å². The average molecular weight is 247 g/mol. The van der Waals surface area contributed by atoms with Crippen LogP contribution in [-0.2, 0) is 0 Å². The van der Waals surface area contributed by atoms with Crippen LogP contribution in [0.15, 0.2) is 18.2 Å². The normalized spacial score (nSPS) is 11.3. The smallest absolute Gasteiger partial charge is 0.176 e. The quantitative estimate of drug-likeness (QED) is 0.716. The van der Waals surface area contributed by atoms with Crippen molar-refractivity contribution in [1.82, 2.24) is 4.90 Å². The zero-order valence-corrected chi connectivity index (χ0v) is 12.3. The molecule has 2 nitrogen and oxygen atoms in total. The second-order valence-corrected chi connectivity index (χ2v) is 5.29. The second kappa shape index (κ2) is 6.69. The highest BCUT2D eigenvalue weighted by molar-refractivity contribution is 5.97. The predicted octanol–water partition coefficient (Wildman–Crippen LogP) is 3.61. The first kappa shape index (κ1) is 14.9. The van der Waals surface area contributed by atoms with Gasteiger partial charge in [-0.3, -0.25) is 9.69 Å². The van der Waals surface area contributed by atoms with Crippen molar-refractivity contribution >= 4 is 5.78 Å². The molecule has 1 aromatic rings. The van der Waals surface area contributed by atoms with E-state index in [1.54, 1.807) is 0 Å². The van der Waals surface area contributed by atoms with Gasteiger partial charge in [-0.15, -0.1) is 0 Å². The molecule has 0 saturated carbocycles. The van der Waals surface area contributed by atoms with Crippen LogP contribution in [0.1, 0.15) is 48.7 Å². The summed E-state index contributed by atoms with van der Waals surface area (Å²) in [4.78, 5) is 14.5. The van der Waals surface area contributed by atoms with Crippen LogP contribution in [0.4, 0.5) is 0 Å². The van der Waals surface area contributed by atoms with Crippen LogP contribution >= 0.6 is 0 Å². The molecule has 0 aliphatic rings. The third-order valence-electron chi connectivity index (χ3n) is 3.42. The molecular weight excluding hydrogens is 222 g/mol. The minimum absolute atomic E-state index is 0.222. The Bertz CT molecular complexity index is 410. The lowest BCUT2D eigenvalue weighted by Gasteiger charge is -2.25. The molecule has 0 unspecified atom stereocenters. The zero-order chi connectivity index (χ0) is 13.7. The predicted molar refractivity (Wildman–Crippen MR) is 77.2 cm³/mol. The number of ketones is 1. The van der Waals surface area contributed by atoms with Crippen molar-refractivity contribution in [3.63, 3.8) is 0 Å². The summed E-state index contributed by atoms with van der Waals surface area (Å²) in [5.41, 5.74) is 3.26. The van der Waals surface area contributed by atoms with Gasteiger partial charge in [0.2, 0.25) is 0 Å². The SMILES string of the molecule is CCCN(CC(=O)c1ccc(C)c(C)c1)C(C)C. The van der Waals surface area contributed by atoms with Crippen molar-refractivity contribution < 1.29 is 4.79 Å². The molecule has 100 valence electrons. The first-order valence-electron chi connectivity index (χ1n) is 6.80. The highest BCUT2D eigenvalue weighted by atomic mass is 16.1. The van der Waals surface area contributed by atoms with E-state index in [0.717, 1.165) is 18.5 Å². The third-order valence-corrected chi connectivity index (χ3v) is 3.42. The number of nitrogens with zero attached hydrogens (tertiary/aromatic N) is 1. The first-order valence-corrected chi connectivity index (χ1v) is 6.80. The molecule has 0 spiro atoms. The topological polar surface area (TPSA) is 20.3 Å². The fraction of sp³-hybridized carbons (Fsp3) is 0.562. The highest BCUT2D eigenvalue weighted by Gasteiger charge is 2.14. The molecule has 0 saturated heterocycles.